The van der Waals surface area contributed by atoms with Gasteiger partial charge in [-0.25, -0.2) is 0 Å². The first-order valence-corrected chi connectivity index (χ1v) is 15.5. The van der Waals surface area contributed by atoms with Crippen molar-refractivity contribution in [1.82, 2.24) is 9.97 Å². The van der Waals surface area contributed by atoms with Gasteiger partial charge in [0.25, 0.3) is 0 Å². The van der Waals surface area contributed by atoms with Crippen molar-refractivity contribution in [2.75, 3.05) is 0 Å². The average molecular weight is 697 g/mol. The van der Waals surface area contributed by atoms with E-state index in [0.29, 0.717) is 11.3 Å². The predicted octanol–water partition coefficient (Wildman–Crippen LogP) is 8.16. The maximum atomic E-state index is 7.28. The van der Waals surface area contributed by atoms with Crippen LogP contribution in [0.4, 0.5) is 0 Å². The van der Waals surface area contributed by atoms with E-state index in [9.17, 15) is 0 Å². The molecule has 0 bridgehead atoms. The molecule has 3 heterocycles. The van der Waals surface area contributed by atoms with Crippen LogP contribution in [-0.4, -0.2) is 18.0 Å². The zero-order chi connectivity index (χ0) is 31.0. The Balaban J connectivity index is 0.000000199. The van der Waals surface area contributed by atoms with Gasteiger partial charge in [0, 0.05) is 57.2 Å². The summed E-state index contributed by atoms with van der Waals surface area (Å²) in [5, 5.41) is 3.75. The third-order valence-electron chi connectivity index (χ3n) is 6.03. The summed E-state index contributed by atoms with van der Waals surface area (Å²) in [6, 6.07) is 29.9. The molecule has 38 heavy (non-hydrogen) atoms. The molecule has 0 unspecified atom stereocenters. The molecule has 5 heteroatoms. The molecule has 0 aliphatic rings. The molecule has 3 aromatic carbocycles. The number of nitrogens with zero attached hydrogens (tertiary/aromatic N) is 2. The Morgan fingerprint density at radius 2 is 1.58 bits per heavy atom. The summed E-state index contributed by atoms with van der Waals surface area (Å²) in [4.78, 5) is 8.82. The van der Waals surface area contributed by atoms with E-state index in [2.05, 4.69) is 48.9 Å². The van der Waals surface area contributed by atoms with Crippen LogP contribution in [0.5, 0.6) is 0 Å². The molecule has 6 aromatic rings. The van der Waals surface area contributed by atoms with E-state index in [4.69, 9.17) is 17.6 Å². The van der Waals surface area contributed by atoms with Crippen LogP contribution in [0, 0.1) is 25.8 Å². The second kappa shape index (κ2) is 11.6. The first-order chi connectivity index (χ1) is 20.2. The summed E-state index contributed by atoms with van der Waals surface area (Å²) < 4.78 is 49.9. The molecule has 0 saturated carbocycles. The first-order valence-electron chi connectivity index (χ1n) is 15.0. The van der Waals surface area contributed by atoms with Crippen LogP contribution in [-0.2, 0) is 20.1 Å². The van der Waals surface area contributed by atoms with E-state index in [0.717, 1.165) is 22.4 Å². The molecule has 0 aliphatic carbocycles. The van der Waals surface area contributed by atoms with Crippen molar-refractivity contribution < 1.29 is 32.7 Å². The van der Waals surface area contributed by atoms with Crippen LogP contribution < -0.4 is 5.19 Å². The van der Waals surface area contributed by atoms with Gasteiger partial charge < -0.3 is 14.4 Å². The van der Waals surface area contributed by atoms with E-state index in [1.165, 1.54) is 40.4 Å². The van der Waals surface area contributed by atoms with Crippen LogP contribution in [0.25, 0.3) is 44.5 Å². The fourth-order valence-corrected chi connectivity index (χ4v) is 5.62. The molecule has 3 aromatic heterocycles. The Kier molecular flexibility index (Phi) is 6.26. The molecule has 3 nitrogen and oxygen atoms in total. The summed E-state index contributed by atoms with van der Waals surface area (Å²) in [5.41, 5.74) is 5.20. The molecule has 0 atom stereocenters. The molecule has 1 radical (unpaired) electrons. The summed E-state index contributed by atoms with van der Waals surface area (Å²) in [6.07, 6.45) is 3.35. The smallest absolute Gasteiger partial charge is 0.134 e. The summed E-state index contributed by atoms with van der Waals surface area (Å²) in [6.45, 7) is 2.70. The van der Waals surface area contributed by atoms with Crippen LogP contribution in [0.3, 0.4) is 0 Å². The monoisotopic (exact) mass is 697 g/mol. The maximum Gasteiger partial charge on any atom is 0.134 e. The van der Waals surface area contributed by atoms with Crippen molar-refractivity contribution in [3.63, 3.8) is 0 Å². The standard InChI is InChI=1S/C20H18NOSi.C13H12N.Ir/c1-23(2,3)17-13-21-19(14-9-5-4-6-10-14)20-18(17)15-11-7-8-12-16(15)22-20;1-10-3-6-12(7-4-10)13-8-5-11(2)9-14-13;/h4-9,11-13H,1-3H3;3-6,8-9H,1-2H3;/q2*-1;/i;1D3,2D3;. The molecule has 0 amide bonds. The molecule has 0 fully saturated rings. The topological polar surface area (TPSA) is 38.9 Å². The van der Waals surface area contributed by atoms with Gasteiger partial charge in [-0.1, -0.05) is 56.8 Å². The van der Waals surface area contributed by atoms with E-state index in [1.54, 1.807) is 12.1 Å². The average Bonchev–Trinajstić information content (AvgIpc) is 3.36. The third kappa shape index (κ3) is 5.86. The molecule has 0 spiro atoms. The molecule has 0 aliphatic heterocycles. The summed E-state index contributed by atoms with van der Waals surface area (Å²) >= 11 is 0. The summed E-state index contributed by atoms with van der Waals surface area (Å²) in [5.74, 6) is 0. The summed E-state index contributed by atoms with van der Waals surface area (Å²) in [7, 11) is -1.54. The van der Waals surface area contributed by atoms with Gasteiger partial charge in [-0.2, -0.15) is 0 Å². The molecule has 193 valence electrons. The zero-order valence-electron chi connectivity index (χ0n) is 27.3. The minimum Gasteiger partial charge on any atom is -0.464 e. The molecule has 0 saturated heterocycles. The van der Waals surface area contributed by atoms with E-state index >= 15 is 0 Å². The van der Waals surface area contributed by atoms with Gasteiger partial charge >= 0.3 is 0 Å². The Bertz CT molecular complexity index is 1810. The van der Waals surface area contributed by atoms with Gasteiger partial charge in [0.15, 0.2) is 0 Å². The van der Waals surface area contributed by atoms with Gasteiger partial charge in [-0.15, -0.1) is 71.3 Å². The number of rotatable bonds is 3. The van der Waals surface area contributed by atoms with Crippen LogP contribution in [0.1, 0.15) is 19.4 Å². The Labute approximate surface area is 247 Å². The van der Waals surface area contributed by atoms with Crippen molar-refractivity contribution in [3.8, 4) is 22.5 Å². The molecule has 0 N–H and O–H groups in total. The van der Waals surface area contributed by atoms with Gasteiger partial charge in [-0.05, 0) is 29.4 Å². The number of fused-ring (bicyclic) bond motifs is 3. The zero-order valence-corrected chi connectivity index (χ0v) is 24.7. The second-order valence-electron chi connectivity index (χ2n) is 9.77. The van der Waals surface area contributed by atoms with Crippen LogP contribution in [0.15, 0.2) is 95.7 Å². The minimum atomic E-state index is -2.18. The van der Waals surface area contributed by atoms with Crippen molar-refractivity contribution in [2.24, 2.45) is 0 Å². The van der Waals surface area contributed by atoms with Gasteiger partial charge in [0.1, 0.15) is 11.2 Å². The van der Waals surface area contributed by atoms with Crippen LogP contribution in [0.2, 0.25) is 19.6 Å². The number of aryl methyl sites for hydroxylation is 2. The fourth-order valence-electron chi connectivity index (χ4n) is 4.17. The van der Waals surface area contributed by atoms with Gasteiger partial charge in [0.2, 0.25) is 0 Å². The van der Waals surface area contributed by atoms with Gasteiger partial charge in [-0.3, -0.25) is 0 Å². The quantitative estimate of drug-likeness (QED) is 0.139. The maximum absolute atomic E-state index is 7.28. The Morgan fingerprint density at radius 3 is 2.24 bits per heavy atom. The van der Waals surface area contributed by atoms with E-state index in [1.807, 2.05) is 42.6 Å². The number of para-hydroxylation sites is 1. The fraction of sp³-hybridized carbons (Fsp3) is 0.152. The molecular formula is C33H30IrN2OSi-2. The normalized spacial score (nSPS) is 14.1. The van der Waals surface area contributed by atoms with Crippen LogP contribution >= 0.6 is 0 Å². The van der Waals surface area contributed by atoms with E-state index < -0.39 is 21.8 Å². The molecular weight excluding hydrogens is 661 g/mol. The number of aromatic nitrogens is 2. The van der Waals surface area contributed by atoms with E-state index in [-0.39, 0.29) is 31.2 Å². The SMILES string of the molecule is C[Si](C)(C)c1cnc(-c2[c-]cccc2)c2oc3ccccc3c12.[2H]C([2H])([2H])c1c[c-]c(-c2ccc(C([2H])([2H])[2H])cn2)cc1.[Ir]. The minimum absolute atomic E-state index is 0. The van der Waals surface area contributed by atoms with Gasteiger partial charge in [0.05, 0.1) is 8.07 Å². The number of pyridine rings is 2. The van der Waals surface area contributed by atoms with Crippen molar-refractivity contribution in [3.05, 3.63) is 115 Å². The Morgan fingerprint density at radius 1 is 0.789 bits per heavy atom. The third-order valence-corrected chi connectivity index (χ3v) is 8.02. The molecule has 6 rings (SSSR count). The predicted molar refractivity (Wildman–Crippen MR) is 157 cm³/mol. The van der Waals surface area contributed by atoms with Crippen molar-refractivity contribution in [1.29, 1.82) is 0 Å². The van der Waals surface area contributed by atoms with Crippen molar-refractivity contribution in [2.45, 2.75) is 33.3 Å². The number of hydrogen-bond acceptors (Lipinski definition) is 3. The number of hydrogen-bond donors (Lipinski definition) is 0. The second-order valence-corrected chi connectivity index (χ2v) is 14.8. The largest absolute Gasteiger partial charge is 0.464 e. The number of benzene rings is 3. The first kappa shape index (κ1) is 20.6. The number of furan rings is 1. The van der Waals surface area contributed by atoms with Crippen molar-refractivity contribution >= 4 is 35.2 Å². The Hall–Kier alpha value is -3.37.